The summed E-state index contributed by atoms with van der Waals surface area (Å²) >= 11 is 0. The van der Waals surface area contributed by atoms with Crippen LogP contribution in [0.2, 0.25) is 0 Å². The summed E-state index contributed by atoms with van der Waals surface area (Å²) < 4.78 is 0. The average molecular weight is 234 g/mol. The standard InChI is InChI=1S/C15H26N2/c1-3-7-16-11-13-9-12(14(16)5-1)10-17-8-4-2-6-15(13)17/h12-15H,1-11H2/t12-,13-,14-,15-/m0/s1. The van der Waals surface area contributed by atoms with Gasteiger partial charge in [0.2, 0.25) is 0 Å². The molecule has 2 bridgehead atoms. The zero-order chi connectivity index (χ0) is 11.2. The Labute approximate surface area is 105 Å². The van der Waals surface area contributed by atoms with Crippen LogP contribution in [0.5, 0.6) is 0 Å². The van der Waals surface area contributed by atoms with Gasteiger partial charge < -0.3 is 0 Å². The fraction of sp³-hybridized carbons (Fsp3) is 1.00. The summed E-state index contributed by atoms with van der Waals surface area (Å²) in [4.78, 5) is 5.74. The third-order valence-corrected chi connectivity index (χ3v) is 5.96. The molecular formula is C15H26N2. The van der Waals surface area contributed by atoms with E-state index in [0.717, 1.165) is 23.9 Å². The number of rotatable bonds is 0. The molecule has 0 unspecified atom stereocenters. The molecule has 0 radical (unpaired) electrons. The van der Waals surface area contributed by atoms with Crippen LogP contribution in [-0.2, 0) is 0 Å². The summed E-state index contributed by atoms with van der Waals surface area (Å²) in [7, 11) is 0. The van der Waals surface area contributed by atoms with E-state index in [1.54, 1.807) is 6.42 Å². The molecule has 4 saturated heterocycles. The van der Waals surface area contributed by atoms with Gasteiger partial charge in [-0.3, -0.25) is 9.80 Å². The van der Waals surface area contributed by atoms with Crippen LogP contribution in [0, 0.1) is 11.8 Å². The molecule has 17 heavy (non-hydrogen) atoms. The molecule has 0 saturated carbocycles. The van der Waals surface area contributed by atoms with Crippen LogP contribution in [0.25, 0.3) is 0 Å². The zero-order valence-electron chi connectivity index (χ0n) is 11.0. The van der Waals surface area contributed by atoms with Crippen molar-refractivity contribution in [1.29, 1.82) is 0 Å². The van der Waals surface area contributed by atoms with Gasteiger partial charge in [-0.15, -0.1) is 0 Å². The van der Waals surface area contributed by atoms with E-state index in [9.17, 15) is 0 Å². The molecule has 4 heterocycles. The number of hydrogen-bond acceptors (Lipinski definition) is 2. The smallest absolute Gasteiger partial charge is 0.0136 e. The fourth-order valence-electron chi connectivity index (χ4n) is 5.25. The Morgan fingerprint density at radius 3 is 1.71 bits per heavy atom. The Bertz CT molecular complexity index is 263. The van der Waals surface area contributed by atoms with Crippen molar-refractivity contribution in [2.45, 2.75) is 57.0 Å². The number of hydrogen-bond donors (Lipinski definition) is 0. The van der Waals surface area contributed by atoms with Gasteiger partial charge in [0, 0.05) is 25.2 Å². The van der Waals surface area contributed by atoms with Gasteiger partial charge >= 0.3 is 0 Å². The molecule has 0 amide bonds. The van der Waals surface area contributed by atoms with Crippen LogP contribution in [0.4, 0.5) is 0 Å². The van der Waals surface area contributed by atoms with Crippen LogP contribution >= 0.6 is 0 Å². The van der Waals surface area contributed by atoms with E-state index in [2.05, 4.69) is 9.80 Å². The summed E-state index contributed by atoms with van der Waals surface area (Å²) in [5, 5.41) is 0. The van der Waals surface area contributed by atoms with Crippen LogP contribution in [0.1, 0.15) is 44.9 Å². The second-order valence-corrected chi connectivity index (χ2v) is 6.87. The molecule has 2 nitrogen and oxygen atoms in total. The first-order valence-corrected chi connectivity index (χ1v) is 7.90. The number of piperidine rings is 4. The van der Waals surface area contributed by atoms with Crippen LogP contribution in [0.3, 0.4) is 0 Å². The topological polar surface area (TPSA) is 6.48 Å². The van der Waals surface area contributed by atoms with Crippen molar-refractivity contribution in [2.24, 2.45) is 11.8 Å². The highest BCUT2D eigenvalue weighted by Gasteiger charge is 2.46. The van der Waals surface area contributed by atoms with Gasteiger partial charge in [-0.05, 0) is 57.0 Å². The first kappa shape index (κ1) is 10.8. The van der Waals surface area contributed by atoms with Crippen molar-refractivity contribution < 1.29 is 0 Å². The molecule has 4 rings (SSSR count). The molecule has 0 aromatic rings. The van der Waals surface area contributed by atoms with Gasteiger partial charge in [0.25, 0.3) is 0 Å². The first-order valence-electron chi connectivity index (χ1n) is 7.90. The number of nitrogens with zero attached hydrogens (tertiary/aromatic N) is 2. The van der Waals surface area contributed by atoms with Gasteiger partial charge in [0.15, 0.2) is 0 Å². The van der Waals surface area contributed by atoms with E-state index in [1.165, 1.54) is 64.7 Å². The van der Waals surface area contributed by atoms with E-state index < -0.39 is 0 Å². The van der Waals surface area contributed by atoms with Crippen molar-refractivity contribution in [3.05, 3.63) is 0 Å². The molecule has 0 aromatic carbocycles. The van der Waals surface area contributed by atoms with Crippen molar-refractivity contribution in [1.82, 2.24) is 9.80 Å². The van der Waals surface area contributed by atoms with Crippen molar-refractivity contribution in [2.75, 3.05) is 26.2 Å². The van der Waals surface area contributed by atoms with Crippen LogP contribution < -0.4 is 0 Å². The van der Waals surface area contributed by atoms with E-state index in [1.807, 2.05) is 0 Å². The lowest BCUT2D eigenvalue weighted by Gasteiger charge is -2.57. The Balaban J connectivity index is 1.56. The van der Waals surface area contributed by atoms with E-state index in [-0.39, 0.29) is 0 Å². The molecule has 2 heteroatoms. The highest BCUT2D eigenvalue weighted by Crippen LogP contribution is 2.42. The molecule has 4 atom stereocenters. The summed E-state index contributed by atoms with van der Waals surface area (Å²) in [5.41, 5.74) is 0. The normalized spacial score (nSPS) is 47.3. The Kier molecular flexibility index (Phi) is 2.69. The molecular weight excluding hydrogens is 208 g/mol. The Hall–Kier alpha value is -0.0800. The quantitative estimate of drug-likeness (QED) is 0.635. The molecule has 4 aliphatic heterocycles. The second-order valence-electron chi connectivity index (χ2n) is 6.87. The molecule has 0 spiro atoms. The maximum Gasteiger partial charge on any atom is 0.0136 e. The largest absolute Gasteiger partial charge is 0.300 e. The summed E-state index contributed by atoms with van der Waals surface area (Å²) in [5.74, 6) is 2.03. The van der Waals surface area contributed by atoms with Gasteiger partial charge in [-0.25, -0.2) is 0 Å². The molecule has 4 aliphatic rings. The van der Waals surface area contributed by atoms with Gasteiger partial charge in [0.1, 0.15) is 0 Å². The molecule has 96 valence electrons. The zero-order valence-corrected chi connectivity index (χ0v) is 11.0. The van der Waals surface area contributed by atoms with E-state index in [0.29, 0.717) is 0 Å². The predicted octanol–water partition coefficient (Wildman–Crippen LogP) is 2.35. The predicted molar refractivity (Wildman–Crippen MR) is 70.0 cm³/mol. The Morgan fingerprint density at radius 1 is 0.647 bits per heavy atom. The Morgan fingerprint density at radius 2 is 1.18 bits per heavy atom. The second kappa shape index (κ2) is 4.24. The molecule has 0 N–H and O–H groups in total. The summed E-state index contributed by atoms with van der Waals surface area (Å²) in [6.07, 6.45) is 10.5. The average Bonchev–Trinajstić information content (AvgIpc) is 2.39. The van der Waals surface area contributed by atoms with Gasteiger partial charge in [-0.2, -0.15) is 0 Å². The summed E-state index contributed by atoms with van der Waals surface area (Å²) in [6.45, 7) is 5.68. The lowest BCUT2D eigenvalue weighted by molar-refractivity contribution is -0.0718. The first-order chi connectivity index (χ1) is 8.42. The van der Waals surface area contributed by atoms with Crippen LogP contribution in [-0.4, -0.2) is 48.1 Å². The SMILES string of the molecule is C1CCN2C[C@@H]3C[C@@H](CN4CCCC[C@@H]34)[C@@H]2C1. The third-order valence-electron chi connectivity index (χ3n) is 5.96. The maximum absolute atomic E-state index is 2.87. The lowest BCUT2D eigenvalue weighted by atomic mass is 9.71. The maximum atomic E-state index is 2.87. The van der Waals surface area contributed by atoms with Crippen molar-refractivity contribution in [3.63, 3.8) is 0 Å². The van der Waals surface area contributed by atoms with Gasteiger partial charge in [-0.1, -0.05) is 12.8 Å². The summed E-state index contributed by atoms with van der Waals surface area (Å²) in [6, 6.07) is 1.92. The van der Waals surface area contributed by atoms with Gasteiger partial charge in [0.05, 0.1) is 0 Å². The highest BCUT2D eigenvalue weighted by atomic mass is 15.3. The van der Waals surface area contributed by atoms with Crippen LogP contribution in [0.15, 0.2) is 0 Å². The lowest BCUT2D eigenvalue weighted by Crippen LogP contribution is -2.63. The third kappa shape index (κ3) is 1.76. The monoisotopic (exact) mass is 234 g/mol. The minimum absolute atomic E-state index is 0.961. The molecule has 0 aliphatic carbocycles. The number of fused-ring (bicyclic) bond motifs is 6. The fourth-order valence-corrected chi connectivity index (χ4v) is 5.25. The van der Waals surface area contributed by atoms with Crippen molar-refractivity contribution in [3.8, 4) is 0 Å². The minimum Gasteiger partial charge on any atom is -0.300 e. The highest BCUT2D eigenvalue weighted by molar-refractivity contribution is 5.00. The minimum atomic E-state index is 0.961. The van der Waals surface area contributed by atoms with E-state index in [4.69, 9.17) is 0 Å². The molecule has 0 aromatic heterocycles. The van der Waals surface area contributed by atoms with Crippen molar-refractivity contribution >= 4 is 0 Å². The molecule has 4 fully saturated rings. The van der Waals surface area contributed by atoms with E-state index >= 15 is 0 Å².